The summed E-state index contributed by atoms with van der Waals surface area (Å²) in [5.41, 5.74) is 2.75. The number of amides is 1. The zero-order valence-electron chi connectivity index (χ0n) is 18.7. The van der Waals surface area contributed by atoms with Gasteiger partial charge in [0.25, 0.3) is 0 Å². The van der Waals surface area contributed by atoms with Crippen molar-refractivity contribution in [1.29, 1.82) is 0 Å². The van der Waals surface area contributed by atoms with E-state index in [0.29, 0.717) is 18.4 Å². The van der Waals surface area contributed by atoms with Gasteiger partial charge in [-0.15, -0.1) is 0 Å². The molecule has 2 aliphatic rings. The van der Waals surface area contributed by atoms with Crippen molar-refractivity contribution in [1.82, 2.24) is 25.0 Å². The maximum Gasteiger partial charge on any atom is 0.229 e. The van der Waals surface area contributed by atoms with Crippen molar-refractivity contribution in [3.8, 4) is 5.88 Å². The predicted octanol–water partition coefficient (Wildman–Crippen LogP) is 2.62. The van der Waals surface area contributed by atoms with Gasteiger partial charge in [-0.3, -0.25) is 9.48 Å². The molecule has 1 saturated heterocycles. The second-order valence-corrected chi connectivity index (χ2v) is 9.60. The summed E-state index contributed by atoms with van der Waals surface area (Å²) in [5, 5.41) is 7.79. The Morgan fingerprint density at radius 1 is 1.27 bits per heavy atom. The number of hydrogen-bond donors (Lipinski definition) is 1. The van der Waals surface area contributed by atoms with Crippen LogP contribution < -0.4 is 10.1 Å². The van der Waals surface area contributed by atoms with Crippen LogP contribution in [-0.4, -0.2) is 58.4 Å². The van der Waals surface area contributed by atoms with Crippen molar-refractivity contribution in [2.45, 2.75) is 51.5 Å². The van der Waals surface area contributed by atoms with Gasteiger partial charge < -0.3 is 15.0 Å². The molecule has 0 aromatic carbocycles. The van der Waals surface area contributed by atoms with Crippen LogP contribution in [0.3, 0.4) is 0 Å². The SMILES string of the molecule is Cc1nn(C)cc1[C@H]1CN(C)C[C@@H]1NC(=O)C(C)(C)COc1ncccc1C1CC1. The van der Waals surface area contributed by atoms with Crippen molar-refractivity contribution >= 4 is 5.91 Å². The second kappa shape index (κ2) is 8.02. The maximum atomic E-state index is 13.2. The minimum atomic E-state index is -0.659. The average molecular weight is 412 g/mol. The summed E-state index contributed by atoms with van der Waals surface area (Å²) < 4.78 is 7.90. The highest BCUT2D eigenvalue weighted by molar-refractivity contribution is 5.82. The molecular formula is C23H33N5O2. The minimum absolute atomic E-state index is 0.0123. The number of aromatic nitrogens is 3. The topological polar surface area (TPSA) is 72.3 Å². The van der Waals surface area contributed by atoms with Crippen molar-refractivity contribution in [3.63, 3.8) is 0 Å². The molecule has 30 heavy (non-hydrogen) atoms. The van der Waals surface area contributed by atoms with Crippen LogP contribution in [-0.2, 0) is 11.8 Å². The molecule has 2 aromatic heterocycles. The Bertz CT molecular complexity index is 918. The molecule has 7 heteroatoms. The summed E-state index contributed by atoms with van der Waals surface area (Å²) >= 11 is 0. The molecular weight excluding hydrogens is 378 g/mol. The summed E-state index contributed by atoms with van der Waals surface area (Å²) in [7, 11) is 4.04. The largest absolute Gasteiger partial charge is 0.476 e. The van der Waals surface area contributed by atoms with E-state index in [1.807, 2.05) is 38.6 Å². The Morgan fingerprint density at radius 2 is 2.03 bits per heavy atom. The standard InChI is InChI=1S/C23H33N5O2/c1-15-18(12-28(5)26-15)19-11-27(4)13-20(19)25-22(29)23(2,3)14-30-21-17(16-8-9-16)7-6-10-24-21/h6-7,10,12,16,19-20H,8-9,11,13-14H2,1-5H3,(H,25,29)/t19-,20+/m1/s1. The quantitative estimate of drug-likeness (QED) is 0.758. The van der Waals surface area contributed by atoms with Gasteiger partial charge in [-0.2, -0.15) is 5.10 Å². The van der Waals surface area contributed by atoms with Crippen LogP contribution in [0.1, 0.15) is 55.3 Å². The van der Waals surface area contributed by atoms with Gasteiger partial charge in [0.1, 0.15) is 6.61 Å². The highest BCUT2D eigenvalue weighted by atomic mass is 16.5. The monoisotopic (exact) mass is 411 g/mol. The number of ether oxygens (including phenoxy) is 1. The number of nitrogens with zero attached hydrogens (tertiary/aromatic N) is 4. The lowest BCUT2D eigenvalue weighted by Gasteiger charge is -2.28. The fourth-order valence-corrected chi connectivity index (χ4v) is 4.35. The predicted molar refractivity (Wildman–Crippen MR) is 116 cm³/mol. The van der Waals surface area contributed by atoms with Gasteiger partial charge in [-0.1, -0.05) is 6.07 Å². The Morgan fingerprint density at radius 3 is 2.70 bits per heavy atom. The third-order valence-corrected chi connectivity index (χ3v) is 6.27. The number of carbonyl (C=O) groups is 1. The molecule has 1 amide bonds. The van der Waals surface area contributed by atoms with Crippen LogP contribution in [0.25, 0.3) is 0 Å². The maximum absolute atomic E-state index is 13.2. The first-order chi connectivity index (χ1) is 14.2. The highest BCUT2D eigenvalue weighted by Crippen LogP contribution is 2.43. The van der Waals surface area contributed by atoms with E-state index in [1.54, 1.807) is 6.20 Å². The molecule has 1 saturated carbocycles. The lowest BCUT2D eigenvalue weighted by Crippen LogP contribution is -2.48. The smallest absolute Gasteiger partial charge is 0.229 e. The zero-order chi connectivity index (χ0) is 21.5. The molecule has 0 radical (unpaired) electrons. The molecule has 162 valence electrons. The number of carbonyl (C=O) groups excluding carboxylic acids is 1. The number of nitrogens with one attached hydrogen (secondary N) is 1. The van der Waals surface area contributed by atoms with Gasteiger partial charge >= 0.3 is 0 Å². The van der Waals surface area contributed by atoms with Crippen molar-refractivity contribution in [3.05, 3.63) is 41.3 Å². The number of rotatable bonds is 7. The first-order valence-electron chi connectivity index (χ1n) is 10.8. The van der Waals surface area contributed by atoms with Crippen LogP contribution in [0, 0.1) is 12.3 Å². The third-order valence-electron chi connectivity index (χ3n) is 6.27. The van der Waals surface area contributed by atoms with E-state index in [-0.39, 0.29) is 17.9 Å². The van der Waals surface area contributed by atoms with Gasteiger partial charge in [-0.05, 0) is 58.2 Å². The molecule has 7 nitrogen and oxygen atoms in total. The Hall–Kier alpha value is -2.41. The molecule has 4 rings (SSSR count). The van der Waals surface area contributed by atoms with Crippen molar-refractivity contribution < 1.29 is 9.53 Å². The van der Waals surface area contributed by atoms with Crippen LogP contribution in [0.2, 0.25) is 0 Å². The molecule has 2 aromatic rings. The molecule has 2 atom stereocenters. The first kappa shape index (κ1) is 20.8. The zero-order valence-corrected chi connectivity index (χ0v) is 18.7. The lowest BCUT2D eigenvalue weighted by molar-refractivity contribution is -0.131. The van der Waals surface area contributed by atoms with Crippen LogP contribution in [0.4, 0.5) is 0 Å². The van der Waals surface area contributed by atoms with Gasteiger partial charge in [0, 0.05) is 50.1 Å². The number of aryl methyl sites for hydroxylation is 2. The van der Waals surface area contributed by atoms with Crippen molar-refractivity contribution in [2.75, 3.05) is 26.7 Å². The Balaban J connectivity index is 1.42. The van der Waals surface area contributed by atoms with E-state index in [0.717, 1.165) is 18.8 Å². The lowest BCUT2D eigenvalue weighted by atomic mass is 9.90. The summed E-state index contributed by atoms with van der Waals surface area (Å²) in [6.07, 6.45) is 6.21. The van der Waals surface area contributed by atoms with Crippen molar-refractivity contribution in [2.24, 2.45) is 12.5 Å². The van der Waals surface area contributed by atoms with Gasteiger partial charge in [0.05, 0.1) is 11.1 Å². The first-order valence-corrected chi connectivity index (χ1v) is 10.8. The molecule has 1 aliphatic carbocycles. The molecule has 2 fully saturated rings. The summed E-state index contributed by atoms with van der Waals surface area (Å²) in [4.78, 5) is 19.9. The minimum Gasteiger partial charge on any atom is -0.476 e. The number of hydrogen-bond acceptors (Lipinski definition) is 5. The van der Waals surface area contributed by atoms with E-state index in [1.165, 1.54) is 24.0 Å². The second-order valence-electron chi connectivity index (χ2n) is 9.60. The Kier molecular flexibility index (Phi) is 5.57. The average Bonchev–Trinajstić information content (AvgIpc) is 3.40. The molecule has 1 aliphatic heterocycles. The summed E-state index contributed by atoms with van der Waals surface area (Å²) in [5.74, 6) is 1.48. The van der Waals surface area contributed by atoms with Crippen LogP contribution in [0.15, 0.2) is 24.5 Å². The normalized spacial score (nSPS) is 22.3. The molecule has 3 heterocycles. The van der Waals surface area contributed by atoms with E-state index in [4.69, 9.17) is 4.74 Å². The fourth-order valence-electron chi connectivity index (χ4n) is 4.35. The van der Waals surface area contributed by atoms with Crippen LogP contribution >= 0.6 is 0 Å². The van der Waals surface area contributed by atoms with E-state index in [9.17, 15) is 4.79 Å². The van der Waals surface area contributed by atoms with Crippen LogP contribution in [0.5, 0.6) is 5.88 Å². The Labute approximate surface area is 178 Å². The number of pyridine rings is 1. The summed E-state index contributed by atoms with van der Waals surface area (Å²) in [6, 6.07) is 4.10. The van der Waals surface area contributed by atoms with Gasteiger partial charge in [0.15, 0.2) is 0 Å². The molecule has 0 spiro atoms. The fraction of sp³-hybridized carbons (Fsp3) is 0.609. The third kappa shape index (κ3) is 4.36. The van der Waals surface area contributed by atoms with Gasteiger partial charge in [-0.25, -0.2) is 4.98 Å². The number of likely N-dealkylation sites (tertiary alicyclic amines) is 1. The van der Waals surface area contributed by atoms with E-state index >= 15 is 0 Å². The highest BCUT2D eigenvalue weighted by Gasteiger charge is 2.38. The molecule has 0 bridgehead atoms. The number of likely N-dealkylation sites (N-methyl/N-ethyl adjacent to an activating group) is 1. The molecule has 0 unspecified atom stereocenters. The van der Waals surface area contributed by atoms with E-state index < -0.39 is 5.41 Å². The van der Waals surface area contributed by atoms with E-state index in [2.05, 4.69) is 39.6 Å². The summed E-state index contributed by atoms with van der Waals surface area (Å²) in [6.45, 7) is 7.94. The molecule has 1 N–H and O–H groups in total. The van der Waals surface area contributed by atoms with Gasteiger partial charge in [0.2, 0.25) is 11.8 Å².